The van der Waals surface area contributed by atoms with Crippen LogP contribution >= 0.6 is 23.2 Å². The maximum atomic E-state index is 11.4. The third kappa shape index (κ3) is 5.57. The van der Waals surface area contributed by atoms with Crippen LogP contribution in [-0.2, 0) is 9.63 Å². The number of hydrogen-bond donors (Lipinski definition) is 1. The molecule has 0 fully saturated rings. The van der Waals surface area contributed by atoms with Gasteiger partial charge < -0.3 is 15.3 Å². The van der Waals surface area contributed by atoms with Gasteiger partial charge in [0.1, 0.15) is 5.75 Å². The van der Waals surface area contributed by atoms with Crippen molar-refractivity contribution in [2.75, 3.05) is 0 Å². The number of rotatable bonds is 6. The summed E-state index contributed by atoms with van der Waals surface area (Å²) in [5, 5.41) is 15.5. The Labute approximate surface area is 164 Å². The van der Waals surface area contributed by atoms with Crippen LogP contribution in [0.3, 0.4) is 0 Å². The number of amidine groups is 1. The first kappa shape index (κ1) is 20.5. The van der Waals surface area contributed by atoms with Crippen molar-refractivity contribution in [3.8, 4) is 11.5 Å². The fourth-order valence-electron chi connectivity index (χ4n) is 1.87. The van der Waals surface area contributed by atoms with Crippen LogP contribution in [0.2, 0.25) is 10.0 Å². The molecule has 0 aliphatic carbocycles. The molecule has 2 N–H and O–H groups in total. The van der Waals surface area contributed by atoms with E-state index in [0.29, 0.717) is 10.0 Å². The van der Waals surface area contributed by atoms with Crippen molar-refractivity contribution in [1.82, 2.24) is 0 Å². The second kappa shape index (κ2) is 8.70. The van der Waals surface area contributed by atoms with E-state index < -0.39 is 16.8 Å². The minimum Gasteiger partial charge on any atom is -0.450 e. The summed E-state index contributed by atoms with van der Waals surface area (Å²) < 4.78 is 5.52. The van der Waals surface area contributed by atoms with Gasteiger partial charge in [-0.15, -0.1) is 0 Å². The van der Waals surface area contributed by atoms with Gasteiger partial charge in [0.15, 0.2) is 5.84 Å². The molecule has 0 saturated carbocycles. The van der Waals surface area contributed by atoms with Gasteiger partial charge in [0.2, 0.25) is 5.75 Å². The van der Waals surface area contributed by atoms with Crippen LogP contribution in [0.25, 0.3) is 0 Å². The molecule has 142 valence electrons. The first-order valence-electron chi connectivity index (χ1n) is 7.64. The predicted octanol–water partition coefficient (Wildman–Crippen LogP) is 4.51. The Morgan fingerprint density at radius 2 is 1.81 bits per heavy atom. The van der Waals surface area contributed by atoms with Gasteiger partial charge in [0.05, 0.1) is 10.8 Å². The van der Waals surface area contributed by atoms with E-state index >= 15 is 0 Å². The predicted molar refractivity (Wildman–Crippen MR) is 101 cm³/mol. The number of carbonyl (C=O) groups excluding carboxylic acids is 1. The summed E-state index contributed by atoms with van der Waals surface area (Å²) in [5.41, 5.74) is 5.55. The van der Waals surface area contributed by atoms with E-state index in [0.717, 1.165) is 6.07 Å². The Kier molecular flexibility index (Phi) is 6.59. The van der Waals surface area contributed by atoms with Gasteiger partial charge in [0.25, 0.3) is 0 Å². The van der Waals surface area contributed by atoms with Gasteiger partial charge in [-0.25, -0.2) is 4.79 Å². The standard InChI is InChI=1S/C17H15Cl2N3O5/c1-9(2)17(23)27-21-16(20)10-3-4-15(14(5-10)22(24)25)26-13-7-11(18)6-12(19)8-13/h3-9H,1-2H3,(H2,20,21). The zero-order valence-corrected chi connectivity index (χ0v) is 15.8. The van der Waals surface area contributed by atoms with Crippen molar-refractivity contribution in [3.05, 3.63) is 62.1 Å². The molecular weight excluding hydrogens is 397 g/mol. The van der Waals surface area contributed by atoms with Gasteiger partial charge in [-0.3, -0.25) is 10.1 Å². The van der Waals surface area contributed by atoms with Gasteiger partial charge in [-0.1, -0.05) is 42.2 Å². The second-order valence-electron chi connectivity index (χ2n) is 5.69. The van der Waals surface area contributed by atoms with Crippen molar-refractivity contribution in [2.45, 2.75) is 13.8 Å². The molecule has 0 atom stereocenters. The summed E-state index contributed by atoms with van der Waals surface area (Å²) >= 11 is 11.8. The third-order valence-electron chi connectivity index (χ3n) is 3.22. The Bertz CT molecular complexity index is 895. The van der Waals surface area contributed by atoms with Gasteiger partial charge >= 0.3 is 11.7 Å². The van der Waals surface area contributed by atoms with Gasteiger partial charge in [0, 0.05) is 21.7 Å². The van der Waals surface area contributed by atoms with E-state index in [1.165, 1.54) is 30.3 Å². The number of halogens is 2. The van der Waals surface area contributed by atoms with E-state index in [2.05, 4.69) is 9.99 Å². The molecule has 0 aromatic heterocycles. The molecule has 10 heteroatoms. The molecule has 0 aliphatic rings. The lowest BCUT2D eigenvalue weighted by Gasteiger charge is -2.09. The molecule has 0 saturated heterocycles. The minimum atomic E-state index is -0.640. The van der Waals surface area contributed by atoms with E-state index in [9.17, 15) is 14.9 Å². The summed E-state index contributed by atoms with van der Waals surface area (Å²) in [5.74, 6) is -0.976. The lowest BCUT2D eigenvalue weighted by molar-refractivity contribution is -0.385. The van der Waals surface area contributed by atoms with Gasteiger partial charge in [-0.2, -0.15) is 0 Å². The van der Waals surface area contributed by atoms with E-state index in [1.807, 2.05) is 0 Å². The first-order valence-corrected chi connectivity index (χ1v) is 8.40. The highest BCUT2D eigenvalue weighted by atomic mass is 35.5. The van der Waals surface area contributed by atoms with Crippen molar-refractivity contribution in [2.24, 2.45) is 16.8 Å². The number of benzene rings is 2. The molecule has 2 rings (SSSR count). The number of oxime groups is 1. The molecule has 2 aromatic carbocycles. The quantitative estimate of drug-likeness (QED) is 0.245. The molecule has 27 heavy (non-hydrogen) atoms. The number of carbonyl (C=O) groups is 1. The molecule has 2 aromatic rings. The highest BCUT2D eigenvalue weighted by Crippen LogP contribution is 2.34. The fraction of sp³-hybridized carbons (Fsp3) is 0.176. The Hall–Kier alpha value is -2.84. The number of nitro benzene ring substituents is 1. The molecule has 0 bridgehead atoms. The Balaban J connectivity index is 2.32. The van der Waals surface area contributed by atoms with E-state index in [4.69, 9.17) is 33.7 Å². The SMILES string of the molecule is CC(C)C(=O)ON=C(N)c1ccc(Oc2cc(Cl)cc(Cl)c2)c([N+](=O)[O-])c1. The topological polar surface area (TPSA) is 117 Å². The summed E-state index contributed by atoms with van der Waals surface area (Å²) in [6, 6.07) is 8.37. The van der Waals surface area contributed by atoms with Crippen molar-refractivity contribution >= 4 is 40.7 Å². The molecule has 0 unspecified atom stereocenters. The van der Waals surface area contributed by atoms with Crippen LogP contribution in [0.4, 0.5) is 5.69 Å². The number of hydrogen-bond acceptors (Lipinski definition) is 6. The second-order valence-corrected chi connectivity index (χ2v) is 6.56. The molecule has 0 spiro atoms. The molecule has 0 radical (unpaired) electrons. The highest BCUT2D eigenvalue weighted by Gasteiger charge is 2.19. The number of nitrogens with two attached hydrogens (primary N) is 1. The van der Waals surface area contributed by atoms with Crippen LogP contribution in [0.5, 0.6) is 11.5 Å². The Morgan fingerprint density at radius 3 is 2.37 bits per heavy atom. The zero-order valence-electron chi connectivity index (χ0n) is 14.3. The maximum absolute atomic E-state index is 11.4. The maximum Gasteiger partial charge on any atom is 0.337 e. The molecule has 8 nitrogen and oxygen atoms in total. The normalized spacial score (nSPS) is 11.4. The van der Waals surface area contributed by atoms with Crippen LogP contribution in [-0.4, -0.2) is 16.7 Å². The third-order valence-corrected chi connectivity index (χ3v) is 3.66. The van der Waals surface area contributed by atoms with E-state index in [1.54, 1.807) is 13.8 Å². The molecular formula is C17H15Cl2N3O5. The van der Waals surface area contributed by atoms with Gasteiger partial charge in [-0.05, 0) is 30.3 Å². The zero-order chi connectivity index (χ0) is 20.1. The first-order chi connectivity index (χ1) is 12.7. The number of nitrogens with zero attached hydrogens (tertiary/aromatic N) is 2. The van der Waals surface area contributed by atoms with Crippen LogP contribution in [0.1, 0.15) is 19.4 Å². The summed E-state index contributed by atoms with van der Waals surface area (Å²) in [7, 11) is 0. The fourth-order valence-corrected chi connectivity index (χ4v) is 2.38. The average Bonchev–Trinajstić information content (AvgIpc) is 2.58. The highest BCUT2D eigenvalue weighted by molar-refractivity contribution is 6.34. The largest absolute Gasteiger partial charge is 0.450 e. The van der Waals surface area contributed by atoms with Crippen molar-refractivity contribution in [1.29, 1.82) is 0 Å². The summed E-state index contributed by atoms with van der Waals surface area (Å²) in [6.45, 7) is 3.26. The van der Waals surface area contributed by atoms with Crippen LogP contribution in [0.15, 0.2) is 41.6 Å². The number of nitro groups is 1. The van der Waals surface area contributed by atoms with Crippen LogP contribution in [0, 0.1) is 16.0 Å². The molecule has 0 aliphatic heterocycles. The van der Waals surface area contributed by atoms with Crippen molar-refractivity contribution in [3.63, 3.8) is 0 Å². The molecule has 0 heterocycles. The Morgan fingerprint density at radius 1 is 1.19 bits per heavy atom. The smallest absolute Gasteiger partial charge is 0.337 e. The van der Waals surface area contributed by atoms with Crippen LogP contribution < -0.4 is 10.5 Å². The van der Waals surface area contributed by atoms with E-state index in [-0.39, 0.29) is 28.6 Å². The number of ether oxygens (including phenoxy) is 1. The summed E-state index contributed by atoms with van der Waals surface area (Å²) in [6.07, 6.45) is 0. The molecule has 0 amide bonds. The van der Waals surface area contributed by atoms with Crippen molar-refractivity contribution < 1.29 is 19.3 Å². The monoisotopic (exact) mass is 411 g/mol. The summed E-state index contributed by atoms with van der Waals surface area (Å²) in [4.78, 5) is 26.8. The lowest BCUT2D eigenvalue weighted by atomic mass is 10.1. The minimum absolute atomic E-state index is 0.0472. The average molecular weight is 412 g/mol. The lowest BCUT2D eigenvalue weighted by Crippen LogP contribution is -2.17.